The summed E-state index contributed by atoms with van der Waals surface area (Å²) in [6, 6.07) is 11.0. The summed E-state index contributed by atoms with van der Waals surface area (Å²) in [7, 11) is 1.64. The number of benzene rings is 1. The van der Waals surface area contributed by atoms with Crippen molar-refractivity contribution < 1.29 is 9.26 Å². The first-order valence-electron chi connectivity index (χ1n) is 6.89. The van der Waals surface area contributed by atoms with Gasteiger partial charge in [0, 0.05) is 24.2 Å². The van der Waals surface area contributed by atoms with Crippen molar-refractivity contribution in [2.75, 3.05) is 7.11 Å². The summed E-state index contributed by atoms with van der Waals surface area (Å²) in [4.78, 5) is 18.0. The van der Waals surface area contributed by atoms with Crippen molar-refractivity contribution in [2.24, 2.45) is 0 Å². The third-order valence-corrected chi connectivity index (χ3v) is 3.30. The van der Waals surface area contributed by atoms with E-state index in [4.69, 9.17) is 9.26 Å². The van der Waals surface area contributed by atoms with Crippen molar-refractivity contribution in [3.05, 3.63) is 64.4 Å². The Hall–Kier alpha value is -2.89. The predicted octanol–water partition coefficient (Wildman–Crippen LogP) is 2.22. The van der Waals surface area contributed by atoms with E-state index in [0.717, 1.165) is 17.7 Å². The summed E-state index contributed by atoms with van der Waals surface area (Å²) in [5, 5.41) is 3.93. The van der Waals surface area contributed by atoms with Gasteiger partial charge in [-0.2, -0.15) is 4.98 Å². The van der Waals surface area contributed by atoms with Gasteiger partial charge in [-0.15, -0.1) is 0 Å². The molecule has 2 aromatic heterocycles. The Balaban J connectivity index is 1.66. The molecule has 0 spiro atoms. The lowest BCUT2D eigenvalue weighted by Gasteiger charge is -2.01. The van der Waals surface area contributed by atoms with E-state index in [1.165, 1.54) is 11.6 Å². The van der Waals surface area contributed by atoms with Crippen molar-refractivity contribution in [3.63, 3.8) is 0 Å². The first-order chi connectivity index (χ1) is 10.7. The molecular formula is C16H15N3O3. The number of nitrogens with one attached hydrogen (secondary N) is 1. The van der Waals surface area contributed by atoms with Gasteiger partial charge in [-0.25, -0.2) is 0 Å². The minimum absolute atomic E-state index is 0.160. The minimum atomic E-state index is -0.160. The molecule has 0 atom stereocenters. The lowest BCUT2D eigenvalue weighted by Crippen LogP contribution is -2.01. The topological polar surface area (TPSA) is 81.0 Å². The van der Waals surface area contributed by atoms with Gasteiger partial charge >= 0.3 is 0 Å². The maximum Gasteiger partial charge on any atom is 0.247 e. The van der Waals surface area contributed by atoms with Gasteiger partial charge in [0.1, 0.15) is 5.75 Å². The predicted molar refractivity (Wildman–Crippen MR) is 80.8 cm³/mol. The molecule has 0 saturated carbocycles. The number of hydrogen-bond donors (Lipinski definition) is 1. The zero-order valence-corrected chi connectivity index (χ0v) is 12.1. The van der Waals surface area contributed by atoms with Crippen molar-refractivity contribution in [3.8, 4) is 17.1 Å². The van der Waals surface area contributed by atoms with E-state index >= 15 is 0 Å². The summed E-state index contributed by atoms with van der Waals surface area (Å²) in [5.41, 5.74) is 1.73. The highest BCUT2D eigenvalue weighted by atomic mass is 16.5. The van der Waals surface area contributed by atoms with Gasteiger partial charge in [0.15, 0.2) is 0 Å². The SMILES string of the molecule is COc1ccc(CCc2nc(-c3ccc(=O)[nH]c3)no2)cc1. The number of H-pyrrole nitrogens is 1. The maximum absolute atomic E-state index is 11.0. The standard InChI is InChI=1S/C16H15N3O3/c1-21-13-6-2-11(3-7-13)4-9-15-18-16(19-22-15)12-5-8-14(20)17-10-12/h2-3,5-8,10H,4,9H2,1H3,(H,17,20). The molecule has 0 saturated heterocycles. The number of methoxy groups -OCH3 is 1. The number of aromatic nitrogens is 3. The summed E-state index contributed by atoms with van der Waals surface area (Å²) in [6.45, 7) is 0. The van der Waals surface area contributed by atoms with Crippen molar-refractivity contribution in [2.45, 2.75) is 12.8 Å². The van der Waals surface area contributed by atoms with Gasteiger partial charge in [-0.3, -0.25) is 4.79 Å². The van der Waals surface area contributed by atoms with Gasteiger partial charge in [0.05, 0.1) is 7.11 Å². The van der Waals surface area contributed by atoms with Crippen molar-refractivity contribution in [1.29, 1.82) is 0 Å². The molecule has 112 valence electrons. The molecule has 0 fully saturated rings. The Bertz CT molecular complexity index is 786. The Morgan fingerprint density at radius 2 is 1.95 bits per heavy atom. The molecule has 2 heterocycles. The van der Waals surface area contributed by atoms with Crippen LogP contribution in [0.1, 0.15) is 11.5 Å². The largest absolute Gasteiger partial charge is 0.497 e. The number of aromatic amines is 1. The van der Waals surface area contributed by atoms with E-state index < -0.39 is 0 Å². The average Bonchev–Trinajstić information content (AvgIpc) is 3.03. The molecule has 0 aliphatic rings. The number of pyridine rings is 1. The summed E-state index contributed by atoms with van der Waals surface area (Å²) < 4.78 is 10.4. The van der Waals surface area contributed by atoms with E-state index in [0.29, 0.717) is 18.1 Å². The van der Waals surface area contributed by atoms with Gasteiger partial charge in [0.2, 0.25) is 17.3 Å². The second kappa shape index (κ2) is 6.26. The van der Waals surface area contributed by atoms with Crippen LogP contribution in [-0.2, 0) is 12.8 Å². The molecule has 1 aromatic carbocycles. The molecule has 0 aliphatic carbocycles. The number of rotatable bonds is 5. The molecule has 6 heteroatoms. The summed E-state index contributed by atoms with van der Waals surface area (Å²) in [6.07, 6.45) is 3.03. The molecule has 0 bridgehead atoms. The van der Waals surface area contributed by atoms with Gasteiger partial charge in [-0.05, 0) is 30.2 Å². The lowest BCUT2D eigenvalue weighted by atomic mass is 10.1. The second-order valence-corrected chi connectivity index (χ2v) is 4.80. The highest BCUT2D eigenvalue weighted by Crippen LogP contribution is 2.15. The Labute approximate surface area is 126 Å². The maximum atomic E-state index is 11.0. The van der Waals surface area contributed by atoms with Gasteiger partial charge < -0.3 is 14.2 Å². The molecular weight excluding hydrogens is 282 g/mol. The summed E-state index contributed by atoms with van der Waals surface area (Å²) in [5.74, 6) is 1.87. The van der Waals surface area contributed by atoms with Crippen LogP contribution in [0.15, 0.2) is 51.9 Å². The smallest absolute Gasteiger partial charge is 0.247 e. The molecule has 3 aromatic rings. The van der Waals surface area contributed by atoms with Gasteiger partial charge in [0.25, 0.3) is 0 Å². The normalized spacial score (nSPS) is 10.6. The van der Waals surface area contributed by atoms with Crippen LogP contribution in [0, 0.1) is 0 Å². The fourth-order valence-electron chi connectivity index (χ4n) is 2.07. The molecule has 1 N–H and O–H groups in total. The fraction of sp³-hybridized carbons (Fsp3) is 0.188. The lowest BCUT2D eigenvalue weighted by molar-refractivity contribution is 0.379. The zero-order chi connectivity index (χ0) is 15.4. The first kappa shape index (κ1) is 14.1. The van der Waals surface area contributed by atoms with Crippen LogP contribution in [0.25, 0.3) is 11.4 Å². The van der Waals surface area contributed by atoms with Crippen LogP contribution in [0.3, 0.4) is 0 Å². The zero-order valence-electron chi connectivity index (χ0n) is 12.1. The van der Waals surface area contributed by atoms with E-state index in [1.54, 1.807) is 19.4 Å². The number of aryl methyl sites for hydroxylation is 2. The Morgan fingerprint density at radius 1 is 1.14 bits per heavy atom. The van der Waals surface area contributed by atoms with E-state index in [2.05, 4.69) is 15.1 Å². The molecule has 0 unspecified atom stereocenters. The van der Waals surface area contributed by atoms with Crippen molar-refractivity contribution in [1.82, 2.24) is 15.1 Å². The van der Waals surface area contributed by atoms with Crippen LogP contribution < -0.4 is 10.3 Å². The second-order valence-electron chi connectivity index (χ2n) is 4.80. The number of nitrogens with zero attached hydrogens (tertiary/aromatic N) is 2. The molecule has 6 nitrogen and oxygen atoms in total. The van der Waals surface area contributed by atoms with Crippen LogP contribution in [0.4, 0.5) is 0 Å². The monoisotopic (exact) mass is 297 g/mol. The van der Waals surface area contributed by atoms with Crippen LogP contribution >= 0.6 is 0 Å². The highest BCUT2D eigenvalue weighted by Gasteiger charge is 2.08. The minimum Gasteiger partial charge on any atom is -0.497 e. The third-order valence-electron chi connectivity index (χ3n) is 3.30. The highest BCUT2D eigenvalue weighted by molar-refractivity contribution is 5.51. The third kappa shape index (κ3) is 3.22. The molecule has 3 rings (SSSR count). The van der Waals surface area contributed by atoms with E-state index in [1.807, 2.05) is 24.3 Å². The van der Waals surface area contributed by atoms with Crippen LogP contribution in [0.2, 0.25) is 0 Å². The quantitative estimate of drug-likeness (QED) is 0.781. The van der Waals surface area contributed by atoms with Crippen molar-refractivity contribution >= 4 is 0 Å². The molecule has 0 radical (unpaired) electrons. The van der Waals surface area contributed by atoms with Crippen LogP contribution in [-0.4, -0.2) is 22.2 Å². The molecule has 0 amide bonds. The molecule has 22 heavy (non-hydrogen) atoms. The Kier molecular flexibility index (Phi) is 4.00. The number of ether oxygens (including phenoxy) is 1. The average molecular weight is 297 g/mol. The van der Waals surface area contributed by atoms with E-state index in [9.17, 15) is 4.79 Å². The van der Waals surface area contributed by atoms with E-state index in [-0.39, 0.29) is 5.56 Å². The number of hydrogen-bond acceptors (Lipinski definition) is 5. The molecule has 0 aliphatic heterocycles. The fourth-order valence-corrected chi connectivity index (χ4v) is 2.07. The summed E-state index contributed by atoms with van der Waals surface area (Å²) >= 11 is 0. The first-order valence-corrected chi connectivity index (χ1v) is 6.89. The Morgan fingerprint density at radius 3 is 2.64 bits per heavy atom. The van der Waals surface area contributed by atoms with Gasteiger partial charge in [-0.1, -0.05) is 17.3 Å². The van der Waals surface area contributed by atoms with Crippen LogP contribution in [0.5, 0.6) is 5.75 Å².